The van der Waals surface area contributed by atoms with Gasteiger partial charge in [-0.25, -0.2) is 0 Å². The Bertz CT molecular complexity index is 376. The van der Waals surface area contributed by atoms with Gasteiger partial charge >= 0.3 is 5.97 Å². The Morgan fingerprint density at radius 2 is 1.67 bits per heavy atom. The van der Waals surface area contributed by atoms with E-state index in [0.29, 0.717) is 13.0 Å². The molecule has 0 rings (SSSR count). The van der Waals surface area contributed by atoms with Crippen LogP contribution in [-0.4, -0.2) is 12.6 Å². The number of carbonyl (C=O) groups is 1. The topological polar surface area (TPSA) is 26.3 Å². The van der Waals surface area contributed by atoms with Crippen molar-refractivity contribution in [2.24, 2.45) is 5.92 Å². The van der Waals surface area contributed by atoms with E-state index >= 15 is 0 Å². The molecule has 0 spiro atoms. The second kappa shape index (κ2) is 15.0. The summed E-state index contributed by atoms with van der Waals surface area (Å²) in [6, 6.07) is 0. The Morgan fingerprint density at radius 1 is 1.00 bits per heavy atom. The number of unbranched alkanes of at least 4 members (excludes halogenated alkanes) is 6. The van der Waals surface area contributed by atoms with E-state index in [-0.39, 0.29) is 11.9 Å². The SMILES string of the molecule is CC#CC#CC(CC)COC(=O)CCCCCCCCC. The number of hydrogen-bond acceptors (Lipinski definition) is 2. The largest absolute Gasteiger partial charge is 0.464 e. The van der Waals surface area contributed by atoms with Gasteiger partial charge in [0, 0.05) is 6.42 Å². The van der Waals surface area contributed by atoms with Crippen LogP contribution in [-0.2, 0) is 9.53 Å². The third-order valence-corrected chi connectivity index (χ3v) is 3.39. The zero-order chi connectivity index (χ0) is 15.8. The van der Waals surface area contributed by atoms with Gasteiger partial charge in [-0.15, -0.1) is 0 Å². The zero-order valence-electron chi connectivity index (χ0n) is 14.0. The van der Waals surface area contributed by atoms with E-state index in [1.54, 1.807) is 6.92 Å². The molecule has 0 saturated carbocycles. The molecule has 0 aromatic carbocycles. The minimum Gasteiger partial charge on any atom is -0.464 e. The molecule has 21 heavy (non-hydrogen) atoms. The van der Waals surface area contributed by atoms with Gasteiger partial charge in [-0.05, 0) is 31.6 Å². The van der Waals surface area contributed by atoms with Crippen LogP contribution in [0.5, 0.6) is 0 Å². The molecule has 0 N–H and O–H groups in total. The number of ether oxygens (including phenoxy) is 1. The van der Waals surface area contributed by atoms with Gasteiger partial charge in [-0.2, -0.15) is 0 Å². The van der Waals surface area contributed by atoms with Crippen LogP contribution in [0.25, 0.3) is 0 Å². The first-order chi connectivity index (χ1) is 10.2. The van der Waals surface area contributed by atoms with Gasteiger partial charge in [-0.1, -0.05) is 64.2 Å². The quantitative estimate of drug-likeness (QED) is 0.312. The minimum absolute atomic E-state index is 0.0922. The van der Waals surface area contributed by atoms with E-state index in [9.17, 15) is 4.79 Å². The molecule has 118 valence electrons. The number of esters is 1. The van der Waals surface area contributed by atoms with Crippen LogP contribution in [0, 0.1) is 29.6 Å². The van der Waals surface area contributed by atoms with E-state index in [4.69, 9.17) is 4.74 Å². The molecule has 0 radical (unpaired) electrons. The summed E-state index contributed by atoms with van der Waals surface area (Å²) >= 11 is 0. The molecule has 0 bridgehead atoms. The van der Waals surface area contributed by atoms with Crippen molar-refractivity contribution in [1.82, 2.24) is 0 Å². The lowest BCUT2D eigenvalue weighted by Gasteiger charge is -2.09. The van der Waals surface area contributed by atoms with Crippen LogP contribution in [0.15, 0.2) is 0 Å². The fraction of sp³-hybridized carbons (Fsp3) is 0.737. The molecular weight excluding hydrogens is 260 g/mol. The highest BCUT2D eigenvalue weighted by Gasteiger charge is 2.07. The molecule has 0 aliphatic heterocycles. The maximum Gasteiger partial charge on any atom is 0.305 e. The van der Waals surface area contributed by atoms with Gasteiger partial charge in [0.05, 0.1) is 5.92 Å². The number of carbonyl (C=O) groups excluding carboxylic acids is 1. The highest BCUT2D eigenvalue weighted by atomic mass is 16.5. The van der Waals surface area contributed by atoms with Gasteiger partial charge in [0.25, 0.3) is 0 Å². The third kappa shape index (κ3) is 13.3. The van der Waals surface area contributed by atoms with E-state index in [0.717, 1.165) is 19.3 Å². The van der Waals surface area contributed by atoms with Crippen LogP contribution >= 0.6 is 0 Å². The Morgan fingerprint density at radius 3 is 2.29 bits per heavy atom. The van der Waals surface area contributed by atoms with Crippen LogP contribution in [0.1, 0.15) is 78.6 Å². The summed E-state index contributed by atoms with van der Waals surface area (Å²) in [5.74, 6) is 11.3. The van der Waals surface area contributed by atoms with Crippen LogP contribution < -0.4 is 0 Å². The first-order valence-corrected chi connectivity index (χ1v) is 8.32. The lowest BCUT2D eigenvalue weighted by Crippen LogP contribution is -2.12. The molecule has 1 atom stereocenters. The van der Waals surface area contributed by atoms with Gasteiger partial charge in [0.1, 0.15) is 6.61 Å². The molecule has 1 unspecified atom stereocenters. The van der Waals surface area contributed by atoms with E-state index in [1.807, 2.05) is 6.92 Å². The van der Waals surface area contributed by atoms with Gasteiger partial charge in [-0.3, -0.25) is 4.79 Å². The standard InChI is InChI=1S/C19H30O2/c1-4-7-9-10-11-12-14-16-19(20)21-17-18(6-3)15-13-8-5-2/h18H,4,6-7,9-12,14,16-17H2,1-3H3. The lowest BCUT2D eigenvalue weighted by molar-refractivity contribution is -0.144. The minimum atomic E-state index is -0.0922. The van der Waals surface area contributed by atoms with Crippen molar-refractivity contribution in [1.29, 1.82) is 0 Å². The monoisotopic (exact) mass is 290 g/mol. The molecule has 0 aromatic heterocycles. The smallest absolute Gasteiger partial charge is 0.305 e. The van der Waals surface area contributed by atoms with Crippen molar-refractivity contribution in [2.75, 3.05) is 6.61 Å². The van der Waals surface area contributed by atoms with Crippen molar-refractivity contribution in [3.8, 4) is 23.7 Å². The Kier molecular flexibility index (Phi) is 14.0. The molecular formula is C19H30O2. The highest BCUT2D eigenvalue weighted by Crippen LogP contribution is 2.09. The van der Waals surface area contributed by atoms with Crippen LogP contribution in [0.4, 0.5) is 0 Å². The van der Waals surface area contributed by atoms with Crippen LogP contribution in [0.3, 0.4) is 0 Å². The lowest BCUT2D eigenvalue weighted by atomic mass is 10.1. The molecule has 0 fully saturated rings. The second-order valence-corrected chi connectivity index (χ2v) is 5.30. The van der Waals surface area contributed by atoms with Crippen molar-refractivity contribution < 1.29 is 9.53 Å². The first kappa shape index (κ1) is 19.6. The second-order valence-electron chi connectivity index (χ2n) is 5.30. The van der Waals surface area contributed by atoms with E-state index in [2.05, 4.69) is 30.6 Å². The van der Waals surface area contributed by atoms with Crippen molar-refractivity contribution in [3.63, 3.8) is 0 Å². The average molecular weight is 290 g/mol. The van der Waals surface area contributed by atoms with Crippen molar-refractivity contribution >= 4 is 5.97 Å². The van der Waals surface area contributed by atoms with Crippen LogP contribution in [0.2, 0.25) is 0 Å². The molecule has 0 aromatic rings. The number of hydrogen-bond donors (Lipinski definition) is 0. The number of rotatable bonds is 11. The third-order valence-electron chi connectivity index (χ3n) is 3.39. The average Bonchev–Trinajstić information content (AvgIpc) is 2.49. The molecule has 0 aliphatic rings. The maximum atomic E-state index is 11.6. The summed E-state index contributed by atoms with van der Waals surface area (Å²) in [6.45, 7) is 6.42. The van der Waals surface area contributed by atoms with Gasteiger partial charge in [0.2, 0.25) is 0 Å². The predicted octanol–water partition coefficient (Wildman–Crippen LogP) is 4.72. The van der Waals surface area contributed by atoms with E-state index < -0.39 is 0 Å². The molecule has 0 heterocycles. The van der Waals surface area contributed by atoms with Gasteiger partial charge in [0.15, 0.2) is 0 Å². The Labute approximate surface area is 131 Å². The maximum absolute atomic E-state index is 11.6. The molecule has 0 saturated heterocycles. The summed E-state index contributed by atoms with van der Waals surface area (Å²) in [6.07, 6.45) is 9.91. The summed E-state index contributed by atoms with van der Waals surface area (Å²) in [4.78, 5) is 11.6. The molecule has 2 heteroatoms. The zero-order valence-corrected chi connectivity index (χ0v) is 14.0. The fourth-order valence-corrected chi connectivity index (χ4v) is 1.95. The Hall–Kier alpha value is -1.41. The summed E-state index contributed by atoms with van der Waals surface area (Å²) < 4.78 is 5.28. The predicted molar refractivity (Wildman–Crippen MR) is 88.6 cm³/mol. The Balaban J connectivity index is 3.64. The fourth-order valence-electron chi connectivity index (χ4n) is 1.95. The molecule has 0 amide bonds. The van der Waals surface area contributed by atoms with Gasteiger partial charge < -0.3 is 4.74 Å². The molecule has 2 nitrogen and oxygen atoms in total. The summed E-state index contributed by atoms with van der Waals surface area (Å²) in [5, 5.41) is 0. The highest BCUT2D eigenvalue weighted by molar-refractivity contribution is 5.69. The van der Waals surface area contributed by atoms with Crippen molar-refractivity contribution in [3.05, 3.63) is 0 Å². The first-order valence-electron chi connectivity index (χ1n) is 8.32. The van der Waals surface area contributed by atoms with E-state index in [1.165, 1.54) is 32.1 Å². The summed E-state index contributed by atoms with van der Waals surface area (Å²) in [7, 11) is 0. The molecule has 0 aliphatic carbocycles. The van der Waals surface area contributed by atoms with Crippen molar-refractivity contribution in [2.45, 2.75) is 78.6 Å². The normalized spacial score (nSPS) is 10.8. The summed E-state index contributed by atoms with van der Waals surface area (Å²) in [5.41, 5.74) is 0.